The highest BCUT2D eigenvalue weighted by Crippen LogP contribution is 2.32. The van der Waals surface area contributed by atoms with Gasteiger partial charge in [0.15, 0.2) is 0 Å². The van der Waals surface area contributed by atoms with Crippen LogP contribution in [0, 0.1) is 5.92 Å². The zero-order chi connectivity index (χ0) is 7.68. The summed E-state index contributed by atoms with van der Waals surface area (Å²) in [6.45, 7) is 0.639. The van der Waals surface area contributed by atoms with Crippen LogP contribution in [-0.2, 0) is 0 Å². The molecule has 1 heterocycles. The normalized spacial score (nSPS) is 33.7. The van der Waals surface area contributed by atoms with Crippen LogP contribution in [0.25, 0.3) is 0 Å². The minimum absolute atomic E-state index is 0.510. The van der Waals surface area contributed by atoms with Gasteiger partial charge in [0.25, 0.3) is 0 Å². The van der Waals surface area contributed by atoms with Crippen molar-refractivity contribution in [1.82, 2.24) is 0 Å². The van der Waals surface area contributed by atoms with Gasteiger partial charge in [0.05, 0.1) is 5.25 Å². The van der Waals surface area contributed by atoms with Crippen molar-refractivity contribution in [3.8, 4) is 0 Å². The lowest BCUT2D eigenvalue weighted by molar-refractivity contribution is 0.904. The average molecular weight is 166 g/mol. The van der Waals surface area contributed by atoms with Crippen molar-refractivity contribution in [3.05, 3.63) is 23.8 Å². The van der Waals surface area contributed by atoms with Gasteiger partial charge < -0.3 is 5.73 Å². The summed E-state index contributed by atoms with van der Waals surface area (Å²) in [5.74, 6) is 0.510. The molecule has 2 rings (SSSR count). The fraction of sp³-hybridized carbons (Fsp3) is 0.375. The molecule has 2 atom stereocenters. The van der Waals surface area contributed by atoms with Gasteiger partial charge in [-0.2, -0.15) is 0 Å². The van der Waals surface area contributed by atoms with Gasteiger partial charge in [-0.15, -0.1) is 0 Å². The smallest absolute Gasteiger partial charge is 0.0565 e. The second kappa shape index (κ2) is 2.83. The van der Waals surface area contributed by atoms with Crippen LogP contribution in [0.4, 0.5) is 0 Å². The molecule has 0 spiro atoms. The van der Waals surface area contributed by atoms with Crippen molar-refractivity contribution in [2.24, 2.45) is 16.0 Å². The molecule has 2 unspecified atom stereocenters. The van der Waals surface area contributed by atoms with Crippen molar-refractivity contribution in [3.63, 3.8) is 0 Å². The Morgan fingerprint density at radius 2 is 2.55 bits per heavy atom. The molecule has 1 aliphatic carbocycles. The summed E-state index contributed by atoms with van der Waals surface area (Å²) in [7, 11) is 0. The number of fused-ring (bicyclic) bond motifs is 1. The maximum absolute atomic E-state index is 5.52. The Labute approximate surface area is 70.4 Å². The van der Waals surface area contributed by atoms with E-state index in [1.807, 2.05) is 6.21 Å². The van der Waals surface area contributed by atoms with E-state index in [9.17, 15) is 0 Å². The molecule has 2 aliphatic rings. The molecule has 58 valence electrons. The fourth-order valence-electron chi connectivity index (χ4n) is 1.27. The quantitative estimate of drug-likeness (QED) is 0.594. The number of allylic oxidation sites excluding steroid dienone is 1. The van der Waals surface area contributed by atoms with Crippen molar-refractivity contribution in [2.75, 3.05) is 6.54 Å². The third-order valence-electron chi connectivity index (χ3n) is 1.94. The molecule has 0 aromatic carbocycles. The summed E-state index contributed by atoms with van der Waals surface area (Å²) in [5.41, 5.74) is 6.74. The second-order valence-electron chi connectivity index (χ2n) is 2.71. The van der Waals surface area contributed by atoms with Crippen LogP contribution in [0.1, 0.15) is 0 Å². The molecule has 2 nitrogen and oxygen atoms in total. The first kappa shape index (κ1) is 7.13. The highest BCUT2D eigenvalue weighted by Gasteiger charge is 2.23. The molecule has 3 heteroatoms. The summed E-state index contributed by atoms with van der Waals surface area (Å²) in [5, 5.41) is 0.513. The zero-order valence-electron chi connectivity index (χ0n) is 6.10. The molecule has 0 aromatic rings. The lowest BCUT2D eigenvalue weighted by Crippen LogP contribution is -2.15. The Bertz CT molecular complexity index is 242. The van der Waals surface area contributed by atoms with Crippen LogP contribution in [0.2, 0.25) is 0 Å². The van der Waals surface area contributed by atoms with Gasteiger partial charge in [0.1, 0.15) is 0 Å². The van der Waals surface area contributed by atoms with Crippen LogP contribution in [-0.4, -0.2) is 18.0 Å². The van der Waals surface area contributed by atoms with Crippen LogP contribution in [0.15, 0.2) is 28.2 Å². The summed E-state index contributed by atoms with van der Waals surface area (Å²) in [6, 6.07) is 0. The fourth-order valence-corrected chi connectivity index (χ4v) is 2.16. The maximum Gasteiger partial charge on any atom is 0.0565 e. The van der Waals surface area contributed by atoms with Crippen LogP contribution < -0.4 is 5.73 Å². The topological polar surface area (TPSA) is 38.4 Å². The van der Waals surface area contributed by atoms with E-state index in [2.05, 4.69) is 22.6 Å². The third-order valence-corrected chi connectivity index (χ3v) is 2.88. The lowest BCUT2D eigenvalue weighted by atomic mass is 9.97. The zero-order valence-corrected chi connectivity index (χ0v) is 6.92. The standard InChI is InChI=1S/C8H10N2S/c9-4-6-1-2-7-5-10-11-8(7)3-6/h1-3,5,7-8H,4,9H2. The van der Waals surface area contributed by atoms with Gasteiger partial charge >= 0.3 is 0 Å². The molecule has 0 radical (unpaired) electrons. The molecule has 0 saturated heterocycles. The van der Waals surface area contributed by atoms with Gasteiger partial charge in [-0.1, -0.05) is 18.2 Å². The van der Waals surface area contributed by atoms with Crippen LogP contribution in [0.3, 0.4) is 0 Å². The monoisotopic (exact) mass is 166 g/mol. The minimum atomic E-state index is 0.510. The Morgan fingerprint density at radius 3 is 3.36 bits per heavy atom. The summed E-state index contributed by atoms with van der Waals surface area (Å²) >= 11 is 1.63. The van der Waals surface area contributed by atoms with E-state index in [1.54, 1.807) is 11.9 Å². The molecule has 0 aromatic heterocycles. The predicted octanol–water partition coefficient (Wildman–Crippen LogP) is 1.16. The lowest BCUT2D eigenvalue weighted by Gasteiger charge is -2.14. The Balaban J connectivity index is 2.18. The van der Waals surface area contributed by atoms with Gasteiger partial charge in [0.2, 0.25) is 0 Å². The third kappa shape index (κ3) is 1.26. The maximum atomic E-state index is 5.52. The van der Waals surface area contributed by atoms with Crippen LogP contribution in [0.5, 0.6) is 0 Å². The number of hydrogen-bond acceptors (Lipinski definition) is 3. The molecule has 0 fully saturated rings. The predicted molar refractivity (Wildman–Crippen MR) is 49.6 cm³/mol. The molecule has 2 N–H and O–H groups in total. The molecule has 0 amide bonds. The first-order valence-electron chi connectivity index (χ1n) is 3.68. The molecule has 1 aliphatic heterocycles. The Kier molecular flexibility index (Phi) is 1.84. The molecule has 0 saturated carbocycles. The summed E-state index contributed by atoms with van der Waals surface area (Å²) in [6.07, 6.45) is 8.48. The summed E-state index contributed by atoms with van der Waals surface area (Å²) < 4.78 is 4.15. The highest BCUT2D eigenvalue weighted by atomic mass is 32.2. The number of hydrogen-bond donors (Lipinski definition) is 1. The van der Waals surface area contributed by atoms with Crippen molar-refractivity contribution < 1.29 is 0 Å². The van der Waals surface area contributed by atoms with Crippen molar-refractivity contribution in [1.29, 1.82) is 0 Å². The van der Waals surface area contributed by atoms with E-state index in [0.29, 0.717) is 17.7 Å². The first-order valence-corrected chi connectivity index (χ1v) is 4.52. The number of rotatable bonds is 1. The van der Waals surface area contributed by atoms with E-state index in [4.69, 9.17) is 5.73 Å². The van der Waals surface area contributed by atoms with E-state index in [0.717, 1.165) is 0 Å². The molecular weight excluding hydrogens is 156 g/mol. The highest BCUT2D eigenvalue weighted by molar-refractivity contribution is 7.99. The van der Waals surface area contributed by atoms with Crippen LogP contribution >= 0.6 is 11.9 Å². The van der Waals surface area contributed by atoms with Gasteiger partial charge in [0, 0.05) is 18.7 Å². The summed E-state index contributed by atoms with van der Waals surface area (Å²) in [4.78, 5) is 0. The van der Waals surface area contributed by atoms with E-state index < -0.39 is 0 Å². The molecule has 11 heavy (non-hydrogen) atoms. The van der Waals surface area contributed by atoms with Crippen molar-refractivity contribution >= 4 is 18.2 Å². The average Bonchev–Trinajstić information content (AvgIpc) is 2.50. The Hall–Kier alpha value is -0.540. The minimum Gasteiger partial charge on any atom is -0.327 e. The van der Waals surface area contributed by atoms with E-state index in [-0.39, 0.29) is 0 Å². The molecular formula is C8H10N2S. The largest absolute Gasteiger partial charge is 0.327 e. The second-order valence-corrected chi connectivity index (χ2v) is 3.67. The molecule has 0 bridgehead atoms. The number of nitrogens with zero attached hydrogens (tertiary/aromatic N) is 1. The first-order chi connectivity index (χ1) is 5.40. The van der Waals surface area contributed by atoms with E-state index in [1.165, 1.54) is 5.57 Å². The van der Waals surface area contributed by atoms with Gasteiger partial charge in [-0.05, 0) is 17.5 Å². The van der Waals surface area contributed by atoms with E-state index >= 15 is 0 Å². The number of nitrogens with two attached hydrogens (primary N) is 1. The SMILES string of the molecule is NCC1=CC2SN=CC2C=C1. The van der Waals surface area contributed by atoms with Gasteiger partial charge in [-0.3, -0.25) is 0 Å². The van der Waals surface area contributed by atoms with Crippen molar-refractivity contribution in [2.45, 2.75) is 5.25 Å². The van der Waals surface area contributed by atoms with Gasteiger partial charge in [-0.25, -0.2) is 4.40 Å². The Morgan fingerprint density at radius 1 is 1.64 bits per heavy atom.